The van der Waals surface area contributed by atoms with Crippen molar-refractivity contribution in [1.82, 2.24) is 15.5 Å². The van der Waals surface area contributed by atoms with E-state index in [1.165, 1.54) is 0 Å². The van der Waals surface area contributed by atoms with Gasteiger partial charge in [0.2, 0.25) is 0 Å². The molecule has 0 aliphatic carbocycles. The van der Waals surface area contributed by atoms with E-state index in [0.717, 1.165) is 17.7 Å². The Morgan fingerprint density at radius 3 is 2.91 bits per heavy atom. The largest absolute Gasteiger partial charge is 0.486 e. The Kier molecular flexibility index (Phi) is 4.00. The molecule has 0 spiro atoms. The molecule has 116 valence electrons. The second-order valence-corrected chi connectivity index (χ2v) is 5.30. The summed E-state index contributed by atoms with van der Waals surface area (Å²) >= 11 is 0. The second-order valence-electron chi connectivity index (χ2n) is 5.30. The van der Waals surface area contributed by atoms with E-state index in [2.05, 4.69) is 15.5 Å². The number of hydrogen-bond donors (Lipinski definition) is 2. The van der Waals surface area contributed by atoms with Crippen molar-refractivity contribution in [3.8, 4) is 22.8 Å². The number of nitrogens with one attached hydrogen (secondary N) is 2. The molecule has 1 atom stereocenters. The number of amides is 1. The summed E-state index contributed by atoms with van der Waals surface area (Å²) in [6.45, 7) is 5.09. The van der Waals surface area contributed by atoms with Crippen molar-refractivity contribution in [2.45, 2.75) is 26.3 Å². The molecule has 0 bridgehead atoms. The van der Waals surface area contributed by atoms with E-state index in [1.54, 1.807) is 6.20 Å². The Labute approximate surface area is 128 Å². The van der Waals surface area contributed by atoms with E-state index in [9.17, 15) is 4.79 Å². The number of ether oxygens (including phenoxy) is 2. The minimum atomic E-state index is -0.131. The van der Waals surface area contributed by atoms with Gasteiger partial charge >= 0.3 is 0 Å². The minimum absolute atomic E-state index is 0.121. The number of aromatic nitrogens is 2. The smallest absolute Gasteiger partial charge is 0.255 e. The number of fused-ring (bicyclic) bond motifs is 1. The zero-order chi connectivity index (χ0) is 15.5. The molecule has 2 heterocycles. The molecule has 2 N–H and O–H groups in total. The lowest BCUT2D eigenvalue weighted by Crippen LogP contribution is -2.32. The molecule has 22 heavy (non-hydrogen) atoms. The summed E-state index contributed by atoms with van der Waals surface area (Å²) in [6.07, 6.45) is 2.42. The number of hydrogen-bond acceptors (Lipinski definition) is 4. The SMILES string of the molecule is CCC(C)NC(=O)c1cn[nH]c1-c1ccc2c(c1)OCCO2. The maximum Gasteiger partial charge on any atom is 0.255 e. The summed E-state index contributed by atoms with van der Waals surface area (Å²) in [5.74, 6) is 1.28. The van der Waals surface area contributed by atoms with Gasteiger partial charge in [0.15, 0.2) is 11.5 Å². The molecular formula is C16H19N3O3. The van der Waals surface area contributed by atoms with Gasteiger partial charge in [-0.05, 0) is 31.5 Å². The number of carbonyl (C=O) groups excluding carboxylic acids is 1. The summed E-state index contributed by atoms with van der Waals surface area (Å²) in [7, 11) is 0. The Balaban J connectivity index is 1.90. The molecule has 0 saturated heterocycles. The zero-order valence-corrected chi connectivity index (χ0v) is 12.7. The highest BCUT2D eigenvalue weighted by atomic mass is 16.6. The van der Waals surface area contributed by atoms with Gasteiger partial charge in [0.05, 0.1) is 17.5 Å². The van der Waals surface area contributed by atoms with Gasteiger partial charge in [-0.25, -0.2) is 0 Å². The van der Waals surface area contributed by atoms with Crippen LogP contribution in [0.25, 0.3) is 11.3 Å². The number of benzene rings is 1. The van der Waals surface area contributed by atoms with Crippen LogP contribution in [0.1, 0.15) is 30.6 Å². The molecule has 1 aliphatic rings. The van der Waals surface area contributed by atoms with E-state index >= 15 is 0 Å². The van der Waals surface area contributed by atoms with Crippen LogP contribution >= 0.6 is 0 Å². The number of H-pyrrole nitrogens is 1. The third-order valence-corrected chi connectivity index (χ3v) is 3.70. The average Bonchev–Trinajstić information content (AvgIpc) is 3.04. The van der Waals surface area contributed by atoms with E-state index in [-0.39, 0.29) is 11.9 Å². The predicted octanol–water partition coefficient (Wildman–Crippen LogP) is 2.38. The van der Waals surface area contributed by atoms with Crippen LogP contribution in [0.4, 0.5) is 0 Å². The molecule has 6 heteroatoms. The Morgan fingerprint density at radius 2 is 2.14 bits per heavy atom. The van der Waals surface area contributed by atoms with Crippen molar-refractivity contribution in [1.29, 1.82) is 0 Å². The van der Waals surface area contributed by atoms with E-state index in [0.29, 0.717) is 30.2 Å². The number of aromatic amines is 1. The van der Waals surface area contributed by atoms with Gasteiger partial charge in [0.25, 0.3) is 5.91 Å². The van der Waals surface area contributed by atoms with Crippen molar-refractivity contribution in [3.05, 3.63) is 30.0 Å². The van der Waals surface area contributed by atoms with Crippen LogP contribution in [-0.2, 0) is 0 Å². The van der Waals surface area contributed by atoms with Gasteiger partial charge in [-0.2, -0.15) is 5.10 Å². The average molecular weight is 301 g/mol. The third kappa shape index (κ3) is 2.77. The monoisotopic (exact) mass is 301 g/mol. The van der Waals surface area contributed by atoms with Crippen molar-refractivity contribution in [3.63, 3.8) is 0 Å². The fraction of sp³-hybridized carbons (Fsp3) is 0.375. The van der Waals surface area contributed by atoms with Crippen molar-refractivity contribution in [2.75, 3.05) is 13.2 Å². The van der Waals surface area contributed by atoms with Crippen LogP contribution in [0, 0.1) is 0 Å². The lowest BCUT2D eigenvalue weighted by molar-refractivity contribution is 0.0940. The quantitative estimate of drug-likeness (QED) is 0.909. The molecule has 0 fully saturated rings. The molecule has 1 amide bonds. The van der Waals surface area contributed by atoms with Crippen molar-refractivity contribution >= 4 is 5.91 Å². The maximum atomic E-state index is 12.3. The van der Waals surface area contributed by atoms with Crippen LogP contribution in [0.5, 0.6) is 11.5 Å². The van der Waals surface area contributed by atoms with Crippen LogP contribution in [0.15, 0.2) is 24.4 Å². The molecule has 1 aromatic heterocycles. The molecule has 0 radical (unpaired) electrons. The van der Waals surface area contributed by atoms with Crippen molar-refractivity contribution in [2.24, 2.45) is 0 Å². The molecule has 3 rings (SSSR count). The fourth-order valence-corrected chi connectivity index (χ4v) is 2.28. The Hall–Kier alpha value is -2.50. The van der Waals surface area contributed by atoms with Gasteiger partial charge in [-0.3, -0.25) is 9.89 Å². The topological polar surface area (TPSA) is 76.2 Å². The number of carbonyl (C=O) groups is 1. The van der Waals surface area contributed by atoms with E-state index < -0.39 is 0 Å². The highest BCUT2D eigenvalue weighted by Gasteiger charge is 2.19. The van der Waals surface area contributed by atoms with Gasteiger partial charge in [0, 0.05) is 11.6 Å². The lowest BCUT2D eigenvalue weighted by Gasteiger charge is -2.19. The summed E-state index contributed by atoms with van der Waals surface area (Å²) in [5.41, 5.74) is 2.05. The van der Waals surface area contributed by atoms with Crippen LogP contribution in [0.3, 0.4) is 0 Å². The van der Waals surface area contributed by atoms with Gasteiger partial charge in [-0.15, -0.1) is 0 Å². The van der Waals surface area contributed by atoms with Gasteiger partial charge in [-0.1, -0.05) is 6.92 Å². The first-order valence-electron chi connectivity index (χ1n) is 7.43. The van der Waals surface area contributed by atoms with E-state index in [4.69, 9.17) is 9.47 Å². The first-order chi connectivity index (χ1) is 10.7. The first-order valence-corrected chi connectivity index (χ1v) is 7.43. The summed E-state index contributed by atoms with van der Waals surface area (Å²) in [6, 6.07) is 5.72. The normalized spacial score (nSPS) is 14.5. The first kappa shape index (κ1) is 14.4. The third-order valence-electron chi connectivity index (χ3n) is 3.70. The lowest BCUT2D eigenvalue weighted by atomic mass is 10.1. The number of nitrogens with zero attached hydrogens (tertiary/aromatic N) is 1. The highest BCUT2D eigenvalue weighted by Crippen LogP contribution is 2.34. The van der Waals surface area contributed by atoms with Crippen LogP contribution in [-0.4, -0.2) is 35.4 Å². The molecular weight excluding hydrogens is 282 g/mol. The molecule has 2 aromatic rings. The molecule has 1 aliphatic heterocycles. The van der Waals surface area contributed by atoms with Crippen LogP contribution < -0.4 is 14.8 Å². The van der Waals surface area contributed by atoms with E-state index in [1.807, 2.05) is 32.0 Å². The molecule has 0 saturated carbocycles. The standard InChI is InChI=1S/C16H19N3O3/c1-3-10(2)18-16(20)12-9-17-19-15(12)11-4-5-13-14(8-11)22-7-6-21-13/h4-5,8-10H,3,6-7H2,1-2H3,(H,17,19)(H,18,20). The molecule has 1 aromatic carbocycles. The highest BCUT2D eigenvalue weighted by molar-refractivity contribution is 6.00. The second kappa shape index (κ2) is 6.09. The van der Waals surface area contributed by atoms with Gasteiger partial charge in [0.1, 0.15) is 13.2 Å². The van der Waals surface area contributed by atoms with Gasteiger partial charge < -0.3 is 14.8 Å². The fourth-order valence-electron chi connectivity index (χ4n) is 2.28. The Bertz CT molecular complexity index is 681. The summed E-state index contributed by atoms with van der Waals surface area (Å²) in [5, 5.41) is 9.85. The number of rotatable bonds is 4. The molecule has 6 nitrogen and oxygen atoms in total. The zero-order valence-electron chi connectivity index (χ0n) is 12.7. The Morgan fingerprint density at radius 1 is 1.36 bits per heavy atom. The summed E-state index contributed by atoms with van der Waals surface area (Å²) in [4.78, 5) is 12.3. The molecule has 1 unspecified atom stereocenters. The summed E-state index contributed by atoms with van der Waals surface area (Å²) < 4.78 is 11.1. The predicted molar refractivity (Wildman–Crippen MR) is 82.2 cm³/mol. The maximum absolute atomic E-state index is 12.3. The van der Waals surface area contributed by atoms with Crippen molar-refractivity contribution < 1.29 is 14.3 Å². The minimum Gasteiger partial charge on any atom is -0.486 e. The van der Waals surface area contributed by atoms with Crippen LogP contribution in [0.2, 0.25) is 0 Å².